The topological polar surface area (TPSA) is 90.2 Å². The van der Waals surface area contributed by atoms with Crippen LogP contribution in [0, 0.1) is 17.1 Å². The number of nitrogens with zero attached hydrogens (tertiary/aromatic N) is 1. The molecule has 0 saturated heterocycles. The number of sulfonamides is 1. The zero-order valence-electron chi connectivity index (χ0n) is 12.3. The average molecular weight is 334 g/mol. The zero-order chi connectivity index (χ0) is 17.0. The molecule has 2 rings (SSSR count). The minimum Gasteiger partial charge on any atom is -0.387 e. The van der Waals surface area contributed by atoms with Crippen LogP contribution < -0.4 is 4.72 Å². The number of hydrogen-bond acceptors (Lipinski definition) is 4. The smallest absolute Gasteiger partial charge is 0.240 e. The number of halogens is 1. The van der Waals surface area contributed by atoms with Crippen LogP contribution in [0.3, 0.4) is 0 Å². The van der Waals surface area contributed by atoms with Crippen LogP contribution in [0.5, 0.6) is 0 Å². The third-order valence-corrected chi connectivity index (χ3v) is 4.86. The Kier molecular flexibility index (Phi) is 5.11. The monoisotopic (exact) mass is 334 g/mol. The first-order valence-electron chi connectivity index (χ1n) is 6.79. The van der Waals surface area contributed by atoms with Crippen LogP contribution in [0.2, 0.25) is 0 Å². The fourth-order valence-electron chi connectivity index (χ4n) is 2.06. The predicted molar refractivity (Wildman–Crippen MR) is 82.3 cm³/mol. The molecule has 0 radical (unpaired) electrons. The summed E-state index contributed by atoms with van der Waals surface area (Å²) in [4.78, 5) is -0.0605. The lowest BCUT2D eigenvalue weighted by Crippen LogP contribution is -2.37. The van der Waals surface area contributed by atoms with E-state index in [0.717, 1.165) is 0 Å². The van der Waals surface area contributed by atoms with Crippen LogP contribution in [-0.2, 0) is 10.0 Å². The molecule has 2 aromatic rings. The van der Waals surface area contributed by atoms with Gasteiger partial charge in [0, 0.05) is 6.04 Å². The molecule has 0 spiro atoms. The molecule has 0 bridgehead atoms. The number of nitrogens with one attached hydrogen (secondary N) is 1. The second-order valence-corrected chi connectivity index (χ2v) is 6.76. The summed E-state index contributed by atoms with van der Waals surface area (Å²) in [7, 11) is -3.89. The molecule has 120 valence electrons. The molecule has 7 heteroatoms. The number of aliphatic hydroxyl groups is 1. The van der Waals surface area contributed by atoms with Gasteiger partial charge in [0.2, 0.25) is 10.0 Å². The van der Waals surface area contributed by atoms with E-state index in [-0.39, 0.29) is 10.5 Å². The maximum absolute atomic E-state index is 12.9. The number of rotatable bonds is 5. The fourth-order valence-corrected chi connectivity index (χ4v) is 3.35. The van der Waals surface area contributed by atoms with Gasteiger partial charge in [-0.3, -0.25) is 0 Å². The minimum absolute atomic E-state index is 0.0605. The standard InChI is InChI=1S/C16H15FN2O3S/c1-11(16(20)13-5-7-14(17)8-6-13)19-23(21,22)15-4-2-3-12(9-15)10-18/h2-9,11,16,19-20H,1H3. The molecule has 5 nitrogen and oxygen atoms in total. The second kappa shape index (κ2) is 6.87. The van der Waals surface area contributed by atoms with Gasteiger partial charge in [-0.25, -0.2) is 17.5 Å². The first kappa shape index (κ1) is 17.1. The maximum atomic E-state index is 12.9. The van der Waals surface area contributed by atoms with Gasteiger partial charge >= 0.3 is 0 Å². The quantitative estimate of drug-likeness (QED) is 0.876. The molecule has 23 heavy (non-hydrogen) atoms. The van der Waals surface area contributed by atoms with Crippen molar-refractivity contribution in [2.24, 2.45) is 0 Å². The highest BCUT2D eigenvalue weighted by atomic mass is 32.2. The molecule has 2 N–H and O–H groups in total. The van der Waals surface area contributed by atoms with Crippen molar-refractivity contribution in [2.45, 2.75) is 24.0 Å². The number of aliphatic hydroxyl groups excluding tert-OH is 1. The normalized spacial score (nSPS) is 14.0. The number of hydrogen-bond donors (Lipinski definition) is 2. The van der Waals surface area contributed by atoms with E-state index in [9.17, 15) is 17.9 Å². The molecule has 0 aliphatic heterocycles. The maximum Gasteiger partial charge on any atom is 0.240 e. The lowest BCUT2D eigenvalue weighted by Gasteiger charge is -2.20. The lowest BCUT2D eigenvalue weighted by atomic mass is 10.0. The SMILES string of the molecule is CC(NS(=O)(=O)c1cccc(C#N)c1)C(O)c1ccc(F)cc1. The molecule has 0 aliphatic carbocycles. The van der Waals surface area contributed by atoms with E-state index in [0.29, 0.717) is 5.56 Å². The van der Waals surface area contributed by atoms with Crippen molar-refractivity contribution in [2.75, 3.05) is 0 Å². The van der Waals surface area contributed by atoms with E-state index in [2.05, 4.69) is 4.72 Å². The third-order valence-electron chi connectivity index (χ3n) is 3.30. The number of benzene rings is 2. The molecule has 0 saturated carbocycles. The van der Waals surface area contributed by atoms with Crippen molar-refractivity contribution < 1.29 is 17.9 Å². The first-order valence-corrected chi connectivity index (χ1v) is 8.28. The van der Waals surface area contributed by atoms with Gasteiger partial charge in [-0.2, -0.15) is 5.26 Å². The molecule has 2 aromatic carbocycles. The van der Waals surface area contributed by atoms with Gasteiger partial charge in [-0.15, -0.1) is 0 Å². The predicted octanol–water partition coefficient (Wildman–Crippen LogP) is 2.10. The van der Waals surface area contributed by atoms with Crippen molar-refractivity contribution >= 4 is 10.0 Å². The Balaban J connectivity index is 2.19. The van der Waals surface area contributed by atoms with Gasteiger partial charge in [0.25, 0.3) is 0 Å². The molecular weight excluding hydrogens is 319 g/mol. The van der Waals surface area contributed by atoms with Crippen LogP contribution in [0.25, 0.3) is 0 Å². The van der Waals surface area contributed by atoms with E-state index in [1.54, 1.807) is 0 Å². The summed E-state index contributed by atoms with van der Waals surface area (Å²) in [5, 5.41) is 19.0. The van der Waals surface area contributed by atoms with Crippen LogP contribution in [-0.4, -0.2) is 19.6 Å². The molecule has 0 heterocycles. The molecule has 0 aromatic heterocycles. The van der Waals surface area contributed by atoms with Gasteiger partial charge in [0.1, 0.15) is 5.82 Å². The molecule has 2 atom stereocenters. The highest BCUT2D eigenvalue weighted by Gasteiger charge is 2.23. The summed E-state index contributed by atoms with van der Waals surface area (Å²) in [5.41, 5.74) is 0.618. The second-order valence-electron chi connectivity index (χ2n) is 5.05. The summed E-state index contributed by atoms with van der Waals surface area (Å²) in [6, 6.07) is 11.8. The highest BCUT2D eigenvalue weighted by Crippen LogP contribution is 2.19. The van der Waals surface area contributed by atoms with Crippen LogP contribution in [0.15, 0.2) is 53.4 Å². The molecule has 0 amide bonds. The lowest BCUT2D eigenvalue weighted by molar-refractivity contribution is 0.146. The van der Waals surface area contributed by atoms with Crippen LogP contribution in [0.4, 0.5) is 4.39 Å². The van der Waals surface area contributed by atoms with Crippen LogP contribution in [0.1, 0.15) is 24.2 Å². The van der Waals surface area contributed by atoms with Gasteiger partial charge < -0.3 is 5.11 Å². The van der Waals surface area contributed by atoms with Crippen molar-refractivity contribution in [1.82, 2.24) is 4.72 Å². The van der Waals surface area contributed by atoms with E-state index >= 15 is 0 Å². The zero-order valence-corrected chi connectivity index (χ0v) is 13.1. The first-order chi connectivity index (χ1) is 10.8. The summed E-state index contributed by atoms with van der Waals surface area (Å²) < 4.78 is 39.9. The third kappa shape index (κ3) is 4.13. The molecule has 2 unspecified atom stereocenters. The van der Waals surface area contributed by atoms with Crippen molar-refractivity contribution in [3.8, 4) is 6.07 Å². The summed E-state index contributed by atoms with van der Waals surface area (Å²) in [6.45, 7) is 1.50. The molecule has 0 fully saturated rings. The Labute approximate surface area is 134 Å². The van der Waals surface area contributed by atoms with Gasteiger partial charge in [0.05, 0.1) is 22.6 Å². The van der Waals surface area contributed by atoms with E-state index in [4.69, 9.17) is 5.26 Å². The Morgan fingerprint density at radius 2 is 1.87 bits per heavy atom. The molecular formula is C16H15FN2O3S. The van der Waals surface area contributed by atoms with Gasteiger partial charge in [-0.05, 0) is 42.8 Å². The van der Waals surface area contributed by atoms with E-state index in [1.807, 2.05) is 6.07 Å². The van der Waals surface area contributed by atoms with Crippen molar-refractivity contribution in [3.63, 3.8) is 0 Å². The highest BCUT2D eigenvalue weighted by molar-refractivity contribution is 7.89. The number of nitriles is 1. The van der Waals surface area contributed by atoms with Gasteiger partial charge in [-0.1, -0.05) is 18.2 Å². The largest absolute Gasteiger partial charge is 0.387 e. The Morgan fingerprint density at radius 1 is 1.22 bits per heavy atom. The van der Waals surface area contributed by atoms with Crippen molar-refractivity contribution in [3.05, 3.63) is 65.5 Å². The summed E-state index contributed by atoms with van der Waals surface area (Å²) >= 11 is 0. The van der Waals surface area contributed by atoms with Crippen LogP contribution >= 0.6 is 0 Å². The Hall–Kier alpha value is -2.27. The van der Waals surface area contributed by atoms with E-state index in [1.165, 1.54) is 55.5 Å². The van der Waals surface area contributed by atoms with Crippen molar-refractivity contribution in [1.29, 1.82) is 5.26 Å². The fraction of sp³-hybridized carbons (Fsp3) is 0.188. The van der Waals surface area contributed by atoms with Gasteiger partial charge in [0.15, 0.2) is 0 Å². The minimum atomic E-state index is -3.89. The summed E-state index contributed by atoms with van der Waals surface area (Å²) in [5.74, 6) is -0.442. The molecule has 0 aliphatic rings. The Morgan fingerprint density at radius 3 is 2.48 bits per heavy atom. The average Bonchev–Trinajstić information content (AvgIpc) is 2.54. The van der Waals surface area contributed by atoms with E-state index < -0.39 is 28.0 Å². The summed E-state index contributed by atoms with van der Waals surface area (Å²) in [6.07, 6.45) is -1.13. The Bertz CT molecular complexity index is 829.